The Hall–Kier alpha value is -0.830. The SMILES string of the molecule is CC.Cn1ccnc1CC1(C)CCNCC1. The Morgan fingerprint density at radius 3 is 2.50 bits per heavy atom. The van der Waals surface area contributed by atoms with Crippen LogP contribution in [-0.4, -0.2) is 22.6 Å². The van der Waals surface area contributed by atoms with Crippen LogP contribution in [0, 0.1) is 5.41 Å². The first kappa shape index (κ1) is 13.2. The first-order chi connectivity index (χ1) is 7.70. The predicted molar refractivity (Wildman–Crippen MR) is 68.5 cm³/mol. The fourth-order valence-corrected chi connectivity index (χ4v) is 2.16. The summed E-state index contributed by atoms with van der Waals surface area (Å²) in [7, 11) is 2.08. The van der Waals surface area contributed by atoms with E-state index in [1.54, 1.807) is 0 Å². The smallest absolute Gasteiger partial charge is 0.108 e. The average molecular weight is 223 g/mol. The minimum Gasteiger partial charge on any atom is -0.338 e. The van der Waals surface area contributed by atoms with Gasteiger partial charge in [-0.15, -0.1) is 0 Å². The third kappa shape index (κ3) is 3.34. The molecule has 1 N–H and O–H groups in total. The molecule has 1 aromatic heterocycles. The van der Waals surface area contributed by atoms with Gasteiger partial charge in [0.05, 0.1) is 0 Å². The third-order valence-corrected chi connectivity index (χ3v) is 3.32. The molecule has 1 saturated heterocycles. The van der Waals surface area contributed by atoms with Crippen LogP contribution < -0.4 is 5.32 Å². The van der Waals surface area contributed by atoms with E-state index >= 15 is 0 Å². The van der Waals surface area contributed by atoms with Crippen molar-refractivity contribution in [1.82, 2.24) is 14.9 Å². The van der Waals surface area contributed by atoms with Crippen molar-refractivity contribution in [3.8, 4) is 0 Å². The number of aryl methyl sites for hydroxylation is 1. The van der Waals surface area contributed by atoms with Crippen LogP contribution in [0.25, 0.3) is 0 Å². The maximum Gasteiger partial charge on any atom is 0.108 e. The molecule has 92 valence electrons. The molecule has 0 unspecified atom stereocenters. The number of nitrogens with zero attached hydrogens (tertiary/aromatic N) is 2. The number of nitrogens with one attached hydrogen (secondary N) is 1. The van der Waals surface area contributed by atoms with Gasteiger partial charge in [-0.1, -0.05) is 20.8 Å². The molecule has 0 aliphatic carbocycles. The van der Waals surface area contributed by atoms with Gasteiger partial charge in [0.2, 0.25) is 0 Å². The summed E-state index contributed by atoms with van der Waals surface area (Å²) < 4.78 is 2.13. The molecule has 2 rings (SSSR count). The molecular formula is C13H25N3. The minimum atomic E-state index is 0.449. The van der Waals surface area contributed by atoms with E-state index in [0.717, 1.165) is 19.5 Å². The molecular weight excluding hydrogens is 198 g/mol. The zero-order valence-corrected chi connectivity index (χ0v) is 11.1. The van der Waals surface area contributed by atoms with E-state index in [0.29, 0.717) is 5.41 Å². The maximum absolute atomic E-state index is 4.40. The lowest BCUT2D eigenvalue weighted by molar-refractivity contribution is 0.222. The summed E-state index contributed by atoms with van der Waals surface area (Å²) in [5.41, 5.74) is 0.449. The molecule has 0 atom stereocenters. The Morgan fingerprint density at radius 2 is 2.00 bits per heavy atom. The van der Waals surface area contributed by atoms with Crippen molar-refractivity contribution in [2.75, 3.05) is 13.1 Å². The molecule has 3 nitrogen and oxygen atoms in total. The zero-order valence-electron chi connectivity index (χ0n) is 11.1. The highest BCUT2D eigenvalue weighted by Gasteiger charge is 2.28. The van der Waals surface area contributed by atoms with Gasteiger partial charge in [0.25, 0.3) is 0 Å². The van der Waals surface area contributed by atoms with Gasteiger partial charge in [-0.05, 0) is 31.3 Å². The molecule has 0 bridgehead atoms. The van der Waals surface area contributed by atoms with Gasteiger partial charge < -0.3 is 9.88 Å². The molecule has 1 fully saturated rings. The molecule has 0 spiro atoms. The highest BCUT2D eigenvalue weighted by molar-refractivity contribution is 4.97. The number of hydrogen-bond acceptors (Lipinski definition) is 2. The Kier molecular flexibility index (Phi) is 5.00. The first-order valence-electron chi connectivity index (χ1n) is 6.37. The molecule has 2 heterocycles. The Balaban J connectivity index is 0.000000606. The van der Waals surface area contributed by atoms with E-state index in [1.165, 1.54) is 18.7 Å². The van der Waals surface area contributed by atoms with Crippen LogP contribution in [0.15, 0.2) is 12.4 Å². The lowest BCUT2D eigenvalue weighted by Gasteiger charge is -2.33. The van der Waals surface area contributed by atoms with Gasteiger partial charge in [-0.3, -0.25) is 0 Å². The van der Waals surface area contributed by atoms with Crippen LogP contribution >= 0.6 is 0 Å². The number of aromatic nitrogens is 2. The van der Waals surface area contributed by atoms with Crippen molar-refractivity contribution >= 4 is 0 Å². The van der Waals surface area contributed by atoms with E-state index in [1.807, 2.05) is 26.2 Å². The first-order valence-corrected chi connectivity index (χ1v) is 6.37. The van der Waals surface area contributed by atoms with Crippen molar-refractivity contribution in [3.05, 3.63) is 18.2 Å². The fraction of sp³-hybridized carbons (Fsp3) is 0.769. The van der Waals surface area contributed by atoms with E-state index in [-0.39, 0.29) is 0 Å². The molecule has 1 aliphatic heterocycles. The molecule has 1 aromatic rings. The maximum atomic E-state index is 4.40. The topological polar surface area (TPSA) is 29.9 Å². The number of rotatable bonds is 2. The molecule has 0 aromatic carbocycles. The second-order valence-corrected chi connectivity index (χ2v) is 4.69. The zero-order chi connectivity index (χ0) is 12.0. The molecule has 3 heteroatoms. The van der Waals surface area contributed by atoms with E-state index in [4.69, 9.17) is 0 Å². The minimum absolute atomic E-state index is 0.449. The molecule has 16 heavy (non-hydrogen) atoms. The van der Waals surface area contributed by atoms with Crippen LogP contribution in [-0.2, 0) is 13.5 Å². The van der Waals surface area contributed by atoms with Crippen molar-refractivity contribution in [1.29, 1.82) is 0 Å². The summed E-state index contributed by atoms with van der Waals surface area (Å²) in [6.07, 6.45) is 7.55. The van der Waals surface area contributed by atoms with Gasteiger partial charge in [0, 0.05) is 25.9 Å². The highest BCUT2D eigenvalue weighted by atomic mass is 15.0. The van der Waals surface area contributed by atoms with Crippen molar-refractivity contribution in [2.45, 2.75) is 40.0 Å². The second kappa shape index (κ2) is 6.04. The highest BCUT2D eigenvalue weighted by Crippen LogP contribution is 2.31. The summed E-state index contributed by atoms with van der Waals surface area (Å²) in [4.78, 5) is 4.40. The lowest BCUT2D eigenvalue weighted by atomic mass is 9.78. The summed E-state index contributed by atoms with van der Waals surface area (Å²) in [5, 5.41) is 3.41. The van der Waals surface area contributed by atoms with Crippen LogP contribution in [0.3, 0.4) is 0 Å². The largest absolute Gasteiger partial charge is 0.338 e. The van der Waals surface area contributed by atoms with E-state index in [2.05, 4.69) is 28.8 Å². The Morgan fingerprint density at radius 1 is 1.38 bits per heavy atom. The standard InChI is InChI=1S/C11H19N3.C2H6/c1-11(3-5-12-6-4-11)9-10-13-7-8-14(10)2;1-2/h7-8,12H,3-6,9H2,1-2H3;1-2H3. The average Bonchev–Trinajstić information content (AvgIpc) is 2.68. The summed E-state index contributed by atoms with van der Waals surface area (Å²) in [5.74, 6) is 1.22. The Labute approximate surface area is 99.3 Å². The van der Waals surface area contributed by atoms with Gasteiger partial charge in [-0.25, -0.2) is 4.98 Å². The summed E-state index contributed by atoms with van der Waals surface area (Å²) >= 11 is 0. The van der Waals surface area contributed by atoms with Gasteiger partial charge in [0.1, 0.15) is 5.82 Å². The predicted octanol–water partition coefficient (Wildman–Crippen LogP) is 2.38. The summed E-state index contributed by atoms with van der Waals surface area (Å²) in [6, 6.07) is 0. The molecule has 1 aliphatic rings. The number of piperidine rings is 1. The van der Waals surface area contributed by atoms with Crippen LogP contribution in [0.4, 0.5) is 0 Å². The number of hydrogen-bond donors (Lipinski definition) is 1. The van der Waals surface area contributed by atoms with E-state index in [9.17, 15) is 0 Å². The normalized spacial score (nSPS) is 18.8. The van der Waals surface area contributed by atoms with Crippen molar-refractivity contribution < 1.29 is 0 Å². The van der Waals surface area contributed by atoms with Gasteiger partial charge in [-0.2, -0.15) is 0 Å². The monoisotopic (exact) mass is 223 g/mol. The second-order valence-electron chi connectivity index (χ2n) is 4.69. The third-order valence-electron chi connectivity index (χ3n) is 3.32. The lowest BCUT2D eigenvalue weighted by Crippen LogP contribution is -2.36. The van der Waals surface area contributed by atoms with Crippen molar-refractivity contribution in [3.63, 3.8) is 0 Å². The molecule has 0 amide bonds. The van der Waals surface area contributed by atoms with E-state index < -0.39 is 0 Å². The Bertz CT molecular complexity index is 298. The quantitative estimate of drug-likeness (QED) is 0.834. The number of imidazole rings is 1. The van der Waals surface area contributed by atoms with Crippen LogP contribution in [0.5, 0.6) is 0 Å². The van der Waals surface area contributed by atoms with Gasteiger partial charge in [0.15, 0.2) is 0 Å². The summed E-state index contributed by atoms with van der Waals surface area (Å²) in [6.45, 7) is 8.68. The molecule has 0 saturated carbocycles. The van der Waals surface area contributed by atoms with Crippen LogP contribution in [0.2, 0.25) is 0 Å². The fourth-order valence-electron chi connectivity index (χ4n) is 2.16. The van der Waals surface area contributed by atoms with Gasteiger partial charge >= 0.3 is 0 Å². The molecule has 0 radical (unpaired) electrons. The van der Waals surface area contributed by atoms with Crippen LogP contribution in [0.1, 0.15) is 39.4 Å². The van der Waals surface area contributed by atoms with Crippen molar-refractivity contribution in [2.24, 2.45) is 12.5 Å².